The Bertz CT molecular complexity index is 435. The van der Waals surface area contributed by atoms with E-state index in [0.29, 0.717) is 0 Å². The first-order valence-corrected chi connectivity index (χ1v) is 6.88. The first-order valence-electron chi connectivity index (χ1n) is 6.09. The van der Waals surface area contributed by atoms with Crippen LogP contribution in [0.1, 0.15) is 37.3 Å². The molecule has 2 rings (SSSR count). The van der Waals surface area contributed by atoms with Gasteiger partial charge in [-0.15, -0.1) is 0 Å². The predicted molar refractivity (Wildman–Crippen MR) is 69.0 cm³/mol. The van der Waals surface area contributed by atoms with Crippen LogP contribution in [0.2, 0.25) is 0 Å². The highest BCUT2D eigenvalue weighted by Gasteiger charge is 2.32. The number of hydrogen-bond donors (Lipinski definition) is 2. The van der Waals surface area contributed by atoms with E-state index in [1.54, 1.807) is 0 Å². The van der Waals surface area contributed by atoms with E-state index < -0.39 is 23.8 Å². The Labute approximate surface area is 113 Å². The molecular weight excluding hydrogens is 304 g/mol. The van der Waals surface area contributed by atoms with Crippen molar-refractivity contribution in [2.45, 2.75) is 37.8 Å². The highest BCUT2D eigenvalue weighted by molar-refractivity contribution is 9.10. The summed E-state index contributed by atoms with van der Waals surface area (Å²) in [5.74, 6) is -1.39. The summed E-state index contributed by atoms with van der Waals surface area (Å²) < 4.78 is 27.7. The Morgan fingerprint density at radius 2 is 1.89 bits per heavy atom. The zero-order valence-corrected chi connectivity index (χ0v) is 11.5. The van der Waals surface area contributed by atoms with E-state index in [-0.39, 0.29) is 16.0 Å². The third kappa shape index (κ3) is 2.58. The van der Waals surface area contributed by atoms with Crippen LogP contribution >= 0.6 is 15.9 Å². The number of aliphatic hydroxyl groups is 1. The molecule has 1 saturated carbocycles. The van der Waals surface area contributed by atoms with Crippen LogP contribution < -0.4 is 5.73 Å². The molecular formula is C13H16BrF2NO. The van der Waals surface area contributed by atoms with E-state index in [4.69, 9.17) is 5.73 Å². The van der Waals surface area contributed by atoms with Crippen molar-refractivity contribution in [3.8, 4) is 0 Å². The summed E-state index contributed by atoms with van der Waals surface area (Å²) in [7, 11) is 0. The van der Waals surface area contributed by atoms with Crippen LogP contribution in [0.5, 0.6) is 0 Å². The van der Waals surface area contributed by atoms with Crippen molar-refractivity contribution in [2.24, 2.45) is 11.7 Å². The molecule has 1 aliphatic carbocycles. The topological polar surface area (TPSA) is 46.2 Å². The minimum atomic E-state index is -1.02. The molecule has 0 bridgehead atoms. The van der Waals surface area contributed by atoms with E-state index >= 15 is 0 Å². The first-order chi connectivity index (χ1) is 8.52. The fourth-order valence-corrected chi connectivity index (χ4v) is 2.96. The Morgan fingerprint density at radius 3 is 2.50 bits per heavy atom. The minimum Gasteiger partial charge on any atom is -0.391 e. The van der Waals surface area contributed by atoms with Gasteiger partial charge in [0.05, 0.1) is 16.6 Å². The second kappa shape index (κ2) is 5.63. The lowest BCUT2D eigenvalue weighted by Crippen LogP contribution is -2.33. The lowest BCUT2D eigenvalue weighted by atomic mass is 9.90. The van der Waals surface area contributed by atoms with Gasteiger partial charge >= 0.3 is 0 Å². The number of benzene rings is 1. The summed E-state index contributed by atoms with van der Waals surface area (Å²) in [6, 6.07) is 1.43. The number of nitrogens with two attached hydrogens (primary N) is 1. The van der Waals surface area contributed by atoms with Crippen molar-refractivity contribution in [3.63, 3.8) is 0 Å². The van der Waals surface area contributed by atoms with Crippen LogP contribution in [0.25, 0.3) is 0 Å². The summed E-state index contributed by atoms with van der Waals surface area (Å²) in [6.07, 6.45) is 2.92. The lowest BCUT2D eigenvalue weighted by Gasteiger charge is -2.25. The summed E-state index contributed by atoms with van der Waals surface area (Å²) >= 11 is 3.00. The number of rotatable bonds is 3. The fraction of sp³-hybridized carbons (Fsp3) is 0.538. The van der Waals surface area contributed by atoms with Gasteiger partial charge in [0.2, 0.25) is 0 Å². The standard InChI is InChI=1S/C13H16BrF2NO/c14-8-5-6-9(15)10(11(8)16)12(17)13(18)7-3-1-2-4-7/h5-7,12-13,18H,1-4,17H2/t12-,13+/m0/s1. The molecule has 18 heavy (non-hydrogen) atoms. The monoisotopic (exact) mass is 319 g/mol. The molecule has 1 fully saturated rings. The van der Waals surface area contributed by atoms with Crippen molar-refractivity contribution in [1.29, 1.82) is 0 Å². The van der Waals surface area contributed by atoms with Gasteiger partial charge in [-0.25, -0.2) is 8.78 Å². The molecule has 3 N–H and O–H groups in total. The highest BCUT2D eigenvalue weighted by atomic mass is 79.9. The molecule has 2 atom stereocenters. The second-order valence-corrected chi connectivity index (χ2v) is 5.67. The molecule has 1 aromatic carbocycles. The van der Waals surface area contributed by atoms with E-state index in [0.717, 1.165) is 31.7 Å². The maximum atomic E-state index is 13.9. The van der Waals surface area contributed by atoms with Gasteiger partial charge in [-0.2, -0.15) is 0 Å². The molecule has 0 amide bonds. The van der Waals surface area contributed by atoms with Crippen molar-refractivity contribution in [3.05, 3.63) is 33.8 Å². The molecule has 1 aromatic rings. The van der Waals surface area contributed by atoms with Crippen molar-refractivity contribution >= 4 is 15.9 Å². The fourth-order valence-electron chi connectivity index (χ4n) is 2.61. The molecule has 0 unspecified atom stereocenters. The molecule has 0 aliphatic heterocycles. The number of hydrogen-bond acceptors (Lipinski definition) is 2. The van der Waals surface area contributed by atoms with Gasteiger partial charge in [-0.1, -0.05) is 12.8 Å². The van der Waals surface area contributed by atoms with Crippen molar-refractivity contribution in [2.75, 3.05) is 0 Å². The molecule has 1 aliphatic rings. The average Bonchev–Trinajstić information content (AvgIpc) is 2.87. The Morgan fingerprint density at radius 1 is 1.28 bits per heavy atom. The Kier molecular flexibility index (Phi) is 4.35. The zero-order valence-electron chi connectivity index (χ0n) is 9.87. The maximum Gasteiger partial charge on any atom is 0.145 e. The third-order valence-corrected chi connectivity index (χ3v) is 4.28. The van der Waals surface area contributed by atoms with E-state index in [1.165, 1.54) is 6.07 Å². The summed E-state index contributed by atoms with van der Waals surface area (Å²) in [4.78, 5) is 0. The molecule has 0 saturated heterocycles. The second-order valence-electron chi connectivity index (χ2n) is 4.82. The van der Waals surface area contributed by atoms with Crippen molar-refractivity contribution in [1.82, 2.24) is 0 Å². The SMILES string of the molecule is N[C@@H](c1c(F)ccc(Br)c1F)[C@H](O)C1CCCC1. The quantitative estimate of drug-likeness (QED) is 0.840. The number of halogens is 3. The van der Waals surface area contributed by atoms with Crippen LogP contribution in [0.3, 0.4) is 0 Å². The minimum absolute atomic E-state index is 0.0396. The lowest BCUT2D eigenvalue weighted by molar-refractivity contribution is 0.0819. The largest absolute Gasteiger partial charge is 0.391 e. The van der Waals surface area contributed by atoms with Crippen LogP contribution in [-0.4, -0.2) is 11.2 Å². The van der Waals surface area contributed by atoms with Gasteiger partial charge in [-0.3, -0.25) is 0 Å². The normalized spacial score (nSPS) is 20.1. The van der Waals surface area contributed by atoms with Gasteiger partial charge in [0, 0.05) is 5.56 Å². The van der Waals surface area contributed by atoms with Gasteiger partial charge in [0.1, 0.15) is 11.6 Å². The molecule has 0 heterocycles. The predicted octanol–water partition coefficient (Wildman–Crippen LogP) is 3.28. The van der Waals surface area contributed by atoms with Gasteiger partial charge in [0.15, 0.2) is 0 Å². The van der Waals surface area contributed by atoms with E-state index in [2.05, 4.69) is 15.9 Å². The average molecular weight is 320 g/mol. The molecule has 0 aromatic heterocycles. The van der Waals surface area contributed by atoms with Crippen LogP contribution in [0.15, 0.2) is 16.6 Å². The smallest absolute Gasteiger partial charge is 0.145 e. The summed E-state index contributed by atoms with van der Waals surface area (Å²) in [6.45, 7) is 0. The molecule has 0 spiro atoms. The Hall–Kier alpha value is -0.520. The van der Waals surface area contributed by atoms with E-state index in [1.807, 2.05) is 0 Å². The molecule has 5 heteroatoms. The maximum absolute atomic E-state index is 13.9. The number of aliphatic hydroxyl groups excluding tert-OH is 1. The molecule has 0 radical (unpaired) electrons. The van der Waals surface area contributed by atoms with Crippen LogP contribution in [-0.2, 0) is 0 Å². The zero-order chi connectivity index (χ0) is 13.3. The van der Waals surface area contributed by atoms with Gasteiger partial charge in [0.25, 0.3) is 0 Å². The van der Waals surface area contributed by atoms with Gasteiger partial charge < -0.3 is 10.8 Å². The molecule has 100 valence electrons. The van der Waals surface area contributed by atoms with Crippen LogP contribution in [0.4, 0.5) is 8.78 Å². The summed E-state index contributed by atoms with van der Waals surface area (Å²) in [5, 5.41) is 10.1. The van der Waals surface area contributed by atoms with Crippen LogP contribution in [0, 0.1) is 17.6 Å². The summed E-state index contributed by atoms with van der Waals surface area (Å²) in [5.41, 5.74) is 5.61. The van der Waals surface area contributed by atoms with E-state index in [9.17, 15) is 13.9 Å². The van der Waals surface area contributed by atoms with Gasteiger partial charge in [-0.05, 0) is 46.8 Å². The third-order valence-electron chi connectivity index (χ3n) is 3.66. The molecule has 2 nitrogen and oxygen atoms in total. The first kappa shape index (κ1) is 13.9. The Balaban J connectivity index is 2.27. The van der Waals surface area contributed by atoms with Crippen molar-refractivity contribution < 1.29 is 13.9 Å². The highest BCUT2D eigenvalue weighted by Crippen LogP contribution is 2.35.